The van der Waals surface area contributed by atoms with Crippen molar-refractivity contribution < 1.29 is 33.7 Å². The van der Waals surface area contributed by atoms with Crippen molar-refractivity contribution in [1.82, 2.24) is 9.55 Å². The first-order valence-electron chi connectivity index (χ1n) is 9.40. The third-order valence-electron chi connectivity index (χ3n) is 4.72. The number of aromatic nitrogens is 2. The number of rotatable bonds is 9. The second-order valence-electron chi connectivity index (χ2n) is 6.88. The van der Waals surface area contributed by atoms with Gasteiger partial charge in [-0.3, -0.25) is 4.57 Å². The first-order chi connectivity index (χ1) is 15.2. The number of anilines is 1. The van der Waals surface area contributed by atoms with E-state index in [2.05, 4.69) is 4.98 Å². The summed E-state index contributed by atoms with van der Waals surface area (Å²) in [6, 6.07) is 5.97. The van der Waals surface area contributed by atoms with Gasteiger partial charge in [-0.15, -0.1) is 9.05 Å². The van der Waals surface area contributed by atoms with E-state index < -0.39 is 51.2 Å². The number of ether oxygens (including phenoxy) is 1. The van der Waals surface area contributed by atoms with Gasteiger partial charge in [0.25, 0.3) is 0 Å². The summed E-state index contributed by atoms with van der Waals surface area (Å²) in [5.74, 6) is -0.00875. The molecule has 0 amide bonds. The number of nitrogens with two attached hydrogens (primary N) is 1. The van der Waals surface area contributed by atoms with Crippen LogP contribution in [0.2, 0.25) is 10.0 Å². The Morgan fingerprint density at radius 3 is 2.72 bits per heavy atom. The number of benzene rings is 1. The average Bonchev–Trinajstić information content (AvgIpc) is 3.02. The van der Waals surface area contributed by atoms with Gasteiger partial charge in [0.2, 0.25) is 0 Å². The summed E-state index contributed by atoms with van der Waals surface area (Å²) < 4.78 is 29.4. The third kappa shape index (κ3) is 5.82. The lowest BCUT2D eigenvalue weighted by molar-refractivity contribution is -0.0527. The summed E-state index contributed by atoms with van der Waals surface area (Å²) in [6.07, 6.45) is -4.81. The molecule has 1 saturated heterocycles. The average molecular weight is 509 g/mol. The molecule has 1 unspecified atom stereocenters. The van der Waals surface area contributed by atoms with Gasteiger partial charge in [-0.1, -0.05) is 23.2 Å². The lowest BCUT2D eigenvalue weighted by Crippen LogP contribution is -2.36. The lowest BCUT2D eigenvalue weighted by atomic mass is 10.1. The topological polar surface area (TPSA) is 166 Å². The van der Waals surface area contributed by atoms with Crippen LogP contribution in [0.4, 0.5) is 5.82 Å². The van der Waals surface area contributed by atoms with Gasteiger partial charge in [0.05, 0.1) is 0 Å². The van der Waals surface area contributed by atoms with Crippen LogP contribution in [-0.2, 0) is 18.3 Å². The van der Waals surface area contributed by atoms with Gasteiger partial charge in [0, 0.05) is 39.4 Å². The van der Waals surface area contributed by atoms with E-state index in [1.807, 2.05) is 0 Å². The number of aliphatic hydroxyl groups excluding tert-OH is 3. The van der Waals surface area contributed by atoms with Crippen molar-refractivity contribution in [3.05, 3.63) is 56.6 Å². The monoisotopic (exact) mass is 508 g/mol. The van der Waals surface area contributed by atoms with E-state index in [1.54, 1.807) is 12.1 Å². The molecule has 3 rings (SSSR count). The van der Waals surface area contributed by atoms with Gasteiger partial charge < -0.3 is 25.8 Å². The van der Waals surface area contributed by atoms with Crippen molar-refractivity contribution in [2.75, 3.05) is 18.9 Å². The molecule has 5 N–H and O–H groups in total. The zero-order valence-electron chi connectivity index (χ0n) is 16.5. The predicted molar refractivity (Wildman–Crippen MR) is 114 cm³/mol. The molecular weight excluding hydrogens is 488 g/mol. The summed E-state index contributed by atoms with van der Waals surface area (Å²) >= 11 is 12.1. The maximum atomic E-state index is 12.4. The number of halogens is 2. The van der Waals surface area contributed by atoms with Crippen LogP contribution in [0.25, 0.3) is 0 Å². The van der Waals surface area contributed by atoms with E-state index in [4.69, 9.17) is 42.7 Å². The molecule has 11 nitrogen and oxygen atoms in total. The van der Waals surface area contributed by atoms with Crippen LogP contribution in [0.5, 0.6) is 0 Å². The van der Waals surface area contributed by atoms with Gasteiger partial charge in [-0.2, -0.15) is 4.98 Å². The molecule has 0 aliphatic carbocycles. The summed E-state index contributed by atoms with van der Waals surface area (Å²) in [5.41, 5.74) is 5.09. The molecule has 0 bridgehead atoms. The fourth-order valence-corrected chi connectivity index (χ4v) is 4.30. The second kappa shape index (κ2) is 11.0. The minimum atomic E-state index is -2.74. The Balaban J connectivity index is 1.63. The molecule has 0 spiro atoms. The maximum Gasteiger partial charge on any atom is 0.698 e. The summed E-state index contributed by atoms with van der Waals surface area (Å²) in [4.78, 5) is 15.5. The Kier molecular flexibility index (Phi) is 8.56. The van der Waals surface area contributed by atoms with Crippen LogP contribution >= 0.6 is 31.5 Å². The smallest absolute Gasteiger partial charge is 0.396 e. The quantitative estimate of drug-likeness (QED) is 0.365. The van der Waals surface area contributed by atoms with Crippen LogP contribution in [0.3, 0.4) is 0 Å². The maximum absolute atomic E-state index is 12.4. The number of aliphatic hydroxyl groups is 3. The van der Waals surface area contributed by atoms with Crippen molar-refractivity contribution >= 4 is 37.3 Å². The highest BCUT2D eigenvalue weighted by atomic mass is 35.5. The van der Waals surface area contributed by atoms with E-state index in [9.17, 15) is 24.7 Å². The fourth-order valence-electron chi connectivity index (χ4n) is 3.13. The number of hydrogen-bond acceptors (Lipinski definition) is 10. The van der Waals surface area contributed by atoms with Crippen LogP contribution in [0, 0.1) is 0 Å². The zero-order chi connectivity index (χ0) is 23.4. The van der Waals surface area contributed by atoms with Crippen molar-refractivity contribution in [3.8, 4) is 0 Å². The molecule has 2 heterocycles. The van der Waals surface area contributed by atoms with Crippen molar-refractivity contribution in [2.45, 2.75) is 37.1 Å². The van der Waals surface area contributed by atoms with E-state index >= 15 is 0 Å². The van der Waals surface area contributed by atoms with Crippen LogP contribution < -0.4 is 11.4 Å². The molecule has 6 atom stereocenters. The SMILES string of the molecule is Nc1ccn([C@@H]2O[C@H](CO[P+](=O)O[C@H](CCO)c3cc(Cl)ccc3Cl)[C@@H](O)[C@@H]2O)c(=O)n1. The molecule has 1 aliphatic rings. The molecule has 14 heteroatoms. The van der Waals surface area contributed by atoms with Gasteiger partial charge in [-0.05, 0) is 24.3 Å². The van der Waals surface area contributed by atoms with Crippen molar-refractivity contribution in [2.24, 2.45) is 0 Å². The molecule has 32 heavy (non-hydrogen) atoms. The summed E-state index contributed by atoms with van der Waals surface area (Å²) in [5, 5.41) is 30.5. The Hall–Kier alpha value is -1.66. The fraction of sp³-hybridized carbons (Fsp3) is 0.444. The normalized spacial score (nSPS) is 24.5. The highest BCUT2D eigenvalue weighted by Gasteiger charge is 2.46. The number of nitrogen functional groups attached to an aromatic ring is 1. The highest BCUT2D eigenvalue weighted by Crippen LogP contribution is 2.39. The molecular formula is C18H21Cl2N3O8P+. The van der Waals surface area contributed by atoms with E-state index in [-0.39, 0.29) is 18.8 Å². The third-order valence-corrected chi connectivity index (χ3v) is 6.08. The lowest BCUT2D eigenvalue weighted by Gasteiger charge is -2.16. The Morgan fingerprint density at radius 2 is 2.03 bits per heavy atom. The van der Waals surface area contributed by atoms with Crippen LogP contribution in [-0.4, -0.2) is 56.4 Å². The standard InChI is InChI=1S/C18H20Cl2N3O8P/c19-9-1-2-11(20)10(7-9)12(4-6-24)31-32(28)29-8-13-15(25)16(26)17(30-13)23-5-3-14(21)22-18(23)27/h1-3,5,7,12-13,15-17,24-26H,4,6,8H2,(H-,21,22,27)/p+1/t12-,13-,15-,16+,17-/m1/s1. The highest BCUT2D eigenvalue weighted by molar-refractivity contribution is 7.33. The number of hydrogen-bond donors (Lipinski definition) is 4. The summed E-state index contributed by atoms with van der Waals surface area (Å²) in [7, 11) is -2.74. The predicted octanol–water partition coefficient (Wildman–Crippen LogP) is 1.57. The van der Waals surface area contributed by atoms with Gasteiger partial charge in [0.15, 0.2) is 6.23 Å². The molecule has 174 valence electrons. The van der Waals surface area contributed by atoms with E-state index in [1.165, 1.54) is 18.3 Å². The Labute approximate surface area is 193 Å². The molecule has 0 saturated carbocycles. The van der Waals surface area contributed by atoms with E-state index in [0.717, 1.165) is 4.57 Å². The van der Waals surface area contributed by atoms with Crippen LogP contribution in [0.1, 0.15) is 24.3 Å². The second-order valence-corrected chi connectivity index (χ2v) is 8.64. The number of nitrogens with zero attached hydrogens (tertiary/aromatic N) is 2. The molecule has 2 aromatic rings. The Bertz CT molecular complexity index is 1030. The van der Waals surface area contributed by atoms with Crippen molar-refractivity contribution in [3.63, 3.8) is 0 Å². The van der Waals surface area contributed by atoms with Gasteiger partial charge >= 0.3 is 13.9 Å². The van der Waals surface area contributed by atoms with Crippen molar-refractivity contribution in [1.29, 1.82) is 0 Å². The summed E-state index contributed by atoms with van der Waals surface area (Å²) in [6.45, 7) is -0.699. The Morgan fingerprint density at radius 1 is 1.28 bits per heavy atom. The van der Waals surface area contributed by atoms with E-state index in [0.29, 0.717) is 15.6 Å². The molecule has 1 fully saturated rings. The zero-order valence-corrected chi connectivity index (χ0v) is 18.9. The molecule has 1 aromatic heterocycles. The minimum absolute atomic E-state index is 0.00875. The molecule has 1 aromatic carbocycles. The van der Waals surface area contributed by atoms with Crippen LogP contribution in [0.15, 0.2) is 35.3 Å². The largest absolute Gasteiger partial charge is 0.698 e. The molecule has 1 aliphatic heterocycles. The molecule has 0 radical (unpaired) electrons. The first-order valence-corrected chi connectivity index (χ1v) is 11.3. The van der Waals surface area contributed by atoms with Gasteiger partial charge in [0.1, 0.15) is 36.8 Å². The minimum Gasteiger partial charge on any atom is -0.396 e. The van der Waals surface area contributed by atoms with Gasteiger partial charge in [-0.25, -0.2) is 4.79 Å². The first kappa shape index (κ1) is 25.0.